The Bertz CT molecular complexity index is 1200. The van der Waals surface area contributed by atoms with E-state index in [0.29, 0.717) is 10.7 Å². The summed E-state index contributed by atoms with van der Waals surface area (Å²) in [7, 11) is 2.73. The maximum Gasteiger partial charge on any atom is 0.346 e. The molecule has 1 amide bonds. The zero-order valence-electron chi connectivity index (χ0n) is 18.5. The molecule has 1 N–H and O–H groups in total. The number of aliphatic hydroxyl groups is 1. The molecule has 0 radical (unpaired) electrons. The van der Waals surface area contributed by atoms with Gasteiger partial charge in [0.15, 0.2) is 0 Å². The van der Waals surface area contributed by atoms with Crippen molar-refractivity contribution >= 4 is 29.2 Å². The molecule has 3 aromatic rings. The van der Waals surface area contributed by atoms with Crippen molar-refractivity contribution in [2.75, 3.05) is 19.1 Å². The Kier molecular flexibility index (Phi) is 6.01. The van der Waals surface area contributed by atoms with Crippen LogP contribution in [0.1, 0.15) is 22.3 Å². The number of halogens is 1. The predicted octanol–water partition coefficient (Wildman–Crippen LogP) is 4.10. The van der Waals surface area contributed by atoms with Crippen LogP contribution in [0.4, 0.5) is 5.69 Å². The van der Waals surface area contributed by atoms with Crippen LogP contribution in [0.2, 0.25) is 5.02 Å². The molecule has 6 nitrogen and oxygen atoms in total. The van der Waals surface area contributed by atoms with Crippen molar-refractivity contribution in [1.29, 1.82) is 0 Å². The Morgan fingerprint density at radius 2 is 1.76 bits per heavy atom. The summed E-state index contributed by atoms with van der Waals surface area (Å²) in [6.07, 6.45) is 0. The van der Waals surface area contributed by atoms with Crippen LogP contribution >= 0.6 is 11.6 Å². The summed E-state index contributed by atoms with van der Waals surface area (Å²) in [5, 5.41) is 12.6. The number of anilines is 1. The molecule has 170 valence electrons. The molecule has 0 unspecified atom stereocenters. The molecule has 0 saturated carbocycles. The van der Waals surface area contributed by atoms with Gasteiger partial charge in [0, 0.05) is 17.6 Å². The van der Waals surface area contributed by atoms with E-state index >= 15 is 0 Å². The molecule has 2 atom stereocenters. The standard InChI is InChI=1S/C26H24ClNO5/c1-17-9-11-19(12-10-17)26(24(30)32-3,33-16-18-7-5-4-6-8-18)25(31)21-15-20(27)13-14-22(21)28(2)23(25)29/h4-15,31H,16H2,1-3H3/t25-,26-/m1/s1. The van der Waals surface area contributed by atoms with Gasteiger partial charge in [0.2, 0.25) is 11.2 Å². The first kappa shape index (κ1) is 23.0. The Morgan fingerprint density at radius 1 is 1.09 bits per heavy atom. The largest absolute Gasteiger partial charge is 0.467 e. The number of methoxy groups -OCH3 is 1. The van der Waals surface area contributed by atoms with Crippen LogP contribution in [0.15, 0.2) is 72.8 Å². The molecule has 0 aliphatic carbocycles. The Morgan fingerprint density at radius 3 is 2.39 bits per heavy atom. The molecule has 7 heteroatoms. The molecule has 0 bridgehead atoms. The third-order valence-corrected chi connectivity index (χ3v) is 6.30. The number of esters is 1. The minimum atomic E-state index is -2.43. The van der Waals surface area contributed by atoms with Gasteiger partial charge in [-0.15, -0.1) is 0 Å². The van der Waals surface area contributed by atoms with Crippen LogP contribution in [0.5, 0.6) is 0 Å². The molecular formula is C26H24ClNO5. The second-order valence-corrected chi connectivity index (χ2v) is 8.49. The number of likely N-dealkylation sites (N-methyl/N-ethyl adjacent to an activating group) is 1. The molecule has 3 aromatic carbocycles. The van der Waals surface area contributed by atoms with Gasteiger partial charge < -0.3 is 19.5 Å². The summed E-state index contributed by atoms with van der Waals surface area (Å²) in [5.74, 6) is -1.63. The summed E-state index contributed by atoms with van der Waals surface area (Å²) in [5.41, 5.74) is -2.06. The monoisotopic (exact) mass is 465 g/mol. The highest BCUT2D eigenvalue weighted by Gasteiger charge is 2.69. The second kappa shape index (κ2) is 8.63. The number of amides is 1. The number of hydrogen-bond donors (Lipinski definition) is 1. The summed E-state index contributed by atoms with van der Waals surface area (Å²) in [6, 6.07) is 20.8. The van der Waals surface area contributed by atoms with E-state index in [-0.39, 0.29) is 17.7 Å². The Balaban J connectivity index is 2.01. The van der Waals surface area contributed by atoms with Crippen molar-refractivity contribution in [3.05, 3.63) is 100 Å². The molecule has 0 fully saturated rings. The van der Waals surface area contributed by atoms with E-state index in [1.54, 1.807) is 36.4 Å². The molecule has 33 heavy (non-hydrogen) atoms. The number of carbonyl (C=O) groups is 2. The Labute approximate surface area is 197 Å². The lowest BCUT2D eigenvalue weighted by Crippen LogP contribution is -2.61. The van der Waals surface area contributed by atoms with Crippen LogP contribution in [-0.2, 0) is 36.9 Å². The molecule has 1 aliphatic rings. The third kappa shape index (κ3) is 3.51. The van der Waals surface area contributed by atoms with Gasteiger partial charge >= 0.3 is 5.97 Å². The Hall–Kier alpha value is -3.19. The van der Waals surface area contributed by atoms with Crippen molar-refractivity contribution in [3.8, 4) is 0 Å². The van der Waals surface area contributed by atoms with Crippen molar-refractivity contribution in [3.63, 3.8) is 0 Å². The predicted molar refractivity (Wildman–Crippen MR) is 125 cm³/mol. The van der Waals surface area contributed by atoms with Gasteiger partial charge in [-0.2, -0.15) is 0 Å². The quantitative estimate of drug-likeness (QED) is 0.555. The molecule has 0 saturated heterocycles. The summed E-state index contributed by atoms with van der Waals surface area (Å²) >= 11 is 6.25. The average molecular weight is 466 g/mol. The van der Waals surface area contributed by atoms with E-state index in [4.69, 9.17) is 21.1 Å². The number of nitrogens with zero attached hydrogens (tertiary/aromatic N) is 1. The fourth-order valence-corrected chi connectivity index (χ4v) is 4.49. The van der Waals surface area contributed by atoms with E-state index in [1.165, 1.54) is 25.1 Å². The van der Waals surface area contributed by atoms with Crippen LogP contribution in [0, 0.1) is 6.92 Å². The number of benzene rings is 3. The average Bonchev–Trinajstić information content (AvgIpc) is 3.02. The lowest BCUT2D eigenvalue weighted by molar-refractivity contribution is -0.220. The van der Waals surface area contributed by atoms with E-state index < -0.39 is 23.1 Å². The minimum Gasteiger partial charge on any atom is -0.467 e. The topological polar surface area (TPSA) is 76.1 Å². The number of rotatable bonds is 6. The second-order valence-electron chi connectivity index (χ2n) is 8.05. The van der Waals surface area contributed by atoms with Crippen LogP contribution in [-0.4, -0.2) is 31.1 Å². The first-order chi connectivity index (χ1) is 15.8. The minimum absolute atomic E-state index is 0.0565. The van der Waals surface area contributed by atoms with Gasteiger partial charge in [-0.3, -0.25) is 4.79 Å². The van der Waals surface area contributed by atoms with E-state index in [0.717, 1.165) is 11.1 Å². The lowest BCUT2D eigenvalue weighted by atomic mass is 9.73. The summed E-state index contributed by atoms with van der Waals surface area (Å²) in [6.45, 7) is 1.84. The van der Waals surface area contributed by atoms with Gasteiger partial charge in [-0.05, 0) is 36.2 Å². The number of carbonyl (C=O) groups excluding carboxylic acids is 2. The molecule has 4 rings (SSSR count). The van der Waals surface area contributed by atoms with Crippen LogP contribution in [0.25, 0.3) is 0 Å². The maximum atomic E-state index is 13.7. The molecule has 0 spiro atoms. The van der Waals surface area contributed by atoms with Crippen molar-refractivity contribution in [1.82, 2.24) is 0 Å². The molecule has 1 heterocycles. The zero-order valence-corrected chi connectivity index (χ0v) is 19.3. The number of fused-ring (bicyclic) bond motifs is 1. The number of aryl methyl sites for hydroxylation is 1. The van der Waals surface area contributed by atoms with Gasteiger partial charge in [-0.1, -0.05) is 71.8 Å². The van der Waals surface area contributed by atoms with Gasteiger partial charge in [0.25, 0.3) is 5.91 Å². The maximum absolute atomic E-state index is 13.7. The van der Waals surface area contributed by atoms with Gasteiger partial charge in [0.05, 0.1) is 19.4 Å². The SMILES string of the molecule is COC(=O)[C@](OCc1ccccc1)(c1ccc(C)cc1)[C@]1(O)C(=O)N(C)c2ccc(Cl)cc21. The lowest BCUT2D eigenvalue weighted by Gasteiger charge is -2.41. The number of ether oxygens (including phenoxy) is 2. The van der Waals surface area contributed by atoms with E-state index in [2.05, 4.69) is 0 Å². The highest BCUT2D eigenvalue weighted by molar-refractivity contribution is 6.31. The molecule has 0 aromatic heterocycles. The number of hydrogen-bond acceptors (Lipinski definition) is 5. The van der Waals surface area contributed by atoms with Gasteiger partial charge in [-0.25, -0.2) is 4.79 Å². The molecule has 1 aliphatic heterocycles. The van der Waals surface area contributed by atoms with Crippen molar-refractivity contribution < 1.29 is 24.2 Å². The van der Waals surface area contributed by atoms with Crippen LogP contribution < -0.4 is 4.90 Å². The third-order valence-electron chi connectivity index (χ3n) is 6.06. The van der Waals surface area contributed by atoms with Crippen molar-refractivity contribution in [2.45, 2.75) is 24.7 Å². The molecular weight excluding hydrogens is 442 g/mol. The fraction of sp³-hybridized carbons (Fsp3) is 0.231. The zero-order chi connectivity index (χ0) is 23.8. The first-order valence-electron chi connectivity index (χ1n) is 10.4. The van der Waals surface area contributed by atoms with E-state index in [1.807, 2.05) is 37.3 Å². The first-order valence-corrected chi connectivity index (χ1v) is 10.8. The van der Waals surface area contributed by atoms with E-state index in [9.17, 15) is 14.7 Å². The summed E-state index contributed by atoms with van der Waals surface area (Å²) in [4.78, 5) is 28.5. The highest BCUT2D eigenvalue weighted by Crippen LogP contribution is 2.53. The van der Waals surface area contributed by atoms with Crippen LogP contribution in [0.3, 0.4) is 0 Å². The van der Waals surface area contributed by atoms with Gasteiger partial charge in [0.1, 0.15) is 0 Å². The summed E-state index contributed by atoms with van der Waals surface area (Å²) < 4.78 is 11.4. The fourth-order valence-electron chi connectivity index (χ4n) is 4.32. The smallest absolute Gasteiger partial charge is 0.346 e. The van der Waals surface area contributed by atoms with Crippen molar-refractivity contribution in [2.24, 2.45) is 0 Å². The normalized spacial score (nSPS) is 19.2. The highest BCUT2D eigenvalue weighted by atomic mass is 35.5.